The van der Waals surface area contributed by atoms with E-state index in [1.165, 1.54) is 24.8 Å². The highest BCUT2D eigenvalue weighted by atomic mass is 16.2. The van der Waals surface area contributed by atoms with Crippen molar-refractivity contribution in [3.8, 4) is 0 Å². The first-order valence-electron chi connectivity index (χ1n) is 7.32. The van der Waals surface area contributed by atoms with Crippen LogP contribution in [0.1, 0.15) is 58.4 Å². The van der Waals surface area contributed by atoms with E-state index in [2.05, 4.69) is 29.6 Å². The fourth-order valence-corrected chi connectivity index (χ4v) is 2.80. The smallest absolute Gasteiger partial charge is 0.226 e. The van der Waals surface area contributed by atoms with Crippen LogP contribution in [0.15, 0.2) is 30.3 Å². The molecule has 1 aromatic rings. The Morgan fingerprint density at radius 3 is 2.16 bits per heavy atom. The summed E-state index contributed by atoms with van der Waals surface area (Å²) in [6, 6.07) is 10.5. The van der Waals surface area contributed by atoms with E-state index in [-0.39, 0.29) is 16.9 Å². The highest BCUT2D eigenvalue weighted by Crippen LogP contribution is 2.37. The van der Waals surface area contributed by atoms with E-state index in [0.717, 1.165) is 12.8 Å². The Bertz CT molecular complexity index is 424. The molecular formula is C17H25NO. The fourth-order valence-electron chi connectivity index (χ4n) is 2.80. The van der Waals surface area contributed by atoms with Gasteiger partial charge in [0.1, 0.15) is 0 Å². The lowest BCUT2D eigenvalue weighted by Crippen LogP contribution is -2.50. The van der Waals surface area contributed by atoms with Crippen LogP contribution < -0.4 is 5.32 Å². The van der Waals surface area contributed by atoms with Gasteiger partial charge in [-0.25, -0.2) is 0 Å². The molecule has 1 aromatic carbocycles. The highest BCUT2D eigenvalue weighted by Gasteiger charge is 2.37. The number of benzene rings is 1. The summed E-state index contributed by atoms with van der Waals surface area (Å²) >= 11 is 0. The molecule has 0 spiro atoms. The van der Waals surface area contributed by atoms with Crippen LogP contribution in [-0.4, -0.2) is 5.91 Å². The molecule has 0 saturated heterocycles. The SMILES string of the molecule is CC(C)(C)C(=O)NC1(c2ccccc2)CCCCC1. The minimum Gasteiger partial charge on any atom is -0.346 e. The van der Waals surface area contributed by atoms with Crippen molar-refractivity contribution in [2.75, 3.05) is 0 Å². The number of nitrogens with one attached hydrogen (secondary N) is 1. The number of amides is 1. The van der Waals surface area contributed by atoms with Gasteiger partial charge in [0.15, 0.2) is 0 Å². The summed E-state index contributed by atoms with van der Waals surface area (Å²) < 4.78 is 0. The second kappa shape index (κ2) is 5.36. The normalized spacial score (nSPS) is 18.9. The van der Waals surface area contributed by atoms with Crippen LogP contribution in [0.2, 0.25) is 0 Å². The third-order valence-corrected chi connectivity index (χ3v) is 4.07. The van der Waals surface area contributed by atoms with Gasteiger partial charge < -0.3 is 5.32 Å². The first-order valence-corrected chi connectivity index (χ1v) is 7.32. The van der Waals surface area contributed by atoms with Crippen LogP contribution >= 0.6 is 0 Å². The van der Waals surface area contributed by atoms with Crippen LogP contribution in [0.25, 0.3) is 0 Å². The van der Waals surface area contributed by atoms with Crippen LogP contribution in [0.5, 0.6) is 0 Å². The molecule has 1 aliphatic rings. The first kappa shape index (κ1) is 14.1. The standard InChI is InChI=1S/C17H25NO/c1-16(2,3)15(19)18-17(12-8-5-9-13-17)14-10-6-4-7-11-14/h4,6-7,10-11H,5,8-9,12-13H2,1-3H3,(H,18,19). The predicted octanol–water partition coefficient (Wildman–Crippen LogP) is 4.01. The number of hydrogen-bond acceptors (Lipinski definition) is 1. The summed E-state index contributed by atoms with van der Waals surface area (Å²) in [5.41, 5.74) is 0.774. The molecule has 0 unspecified atom stereocenters. The van der Waals surface area contributed by atoms with Crippen LogP contribution in [0, 0.1) is 5.41 Å². The number of rotatable bonds is 2. The molecular weight excluding hydrogens is 234 g/mol. The Morgan fingerprint density at radius 2 is 1.63 bits per heavy atom. The van der Waals surface area contributed by atoms with Crippen molar-refractivity contribution in [3.05, 3.63) is 35.9 Å². The molecule has 1 N–H and O–H groups in total. The predicted molar refractivity (Wildman–Crippen MR) is 78.8 cm³/mol. The van der Waals surface area contributed by atoms with Gasteiger partial charge >= 0.3 is 0 Å². The van der Waals surface area contributed by atoms with Crippen molar-refractivity contribution in [2.24, 2.45) is 5.41 Å². The van der Waals surface area contributed by atoms with Gasteiger partial charge in [0.25, 0.3) is 0 Å². The molecule has 0 radical (unpaired) electrons. The Morgan fingerprint density at radius 1 is 1.05 bits per heavy atom. The second-order valence-electron chi connectivity index (χ2n) is 6.71. The Balaban J connectivity index is 2.28. The molecule has 2 heteroatoms. The molecule has 0 heterocycles. The summed E-state index contributed by atoms with van der Waals surface area (Å²) in [6.07, 6.45) is 5.77. The van der Waals surface area contributed by atoms with Crippen molar-refractivity contribution in [1.82, 2.24) is 5.32 Å². The van der Waals surface area contributed by atoms with Gasteiger partial charge in [-0.15, -0.1) is 0 Å². The third kappa shape index (κ3) is 3.17. The third-order valence-electron chi connectivity index (χ3n) is 4.07. The average Bonchev–Trinajstić information content (AvgIpc) is 2.40. The molecule has 19 heavy (non-hydrogen) atoms. The van der Waals surface area contributed by atoms with E-state index in [4.69, 9.17) is 0 Å². The summed E-state index contributed by atoms with van der Waals surface area (Å²) in [6.45, 7) is 5.93. The van der Waals surface area contributed by atoms with Gasteiger partial charge in [-0.05, 0) is 18.4 Å². The van der Waals surface area contributed by atoms with Crippen molar-refractivity contribution >= 4 is 5.91 Å². The van der Waals surface area contributed by atoms with Gasteiger partial charge in [-0.3, -0.25) is 4.79 Å². The van der Waals surface area contributed by atoms with Gasteiger partial charge in [-0.1, -0.05) is 70.4 Å². The maximum atomic E-state index is 12.4. The quantitative estimate of drug-likeness (QED) is 0.854. The van der Waals surface area contributed by atoms with Gasteiger partial charge in [0.2, 0.25) is 5.91 Å². The molecule has 0 aliphatic heterocycles. The van der Waals surface area contributed by atoms with E-state index in [0.29, 0.717) is 0 Å². The summed E-state index contributed by atoms with van der Waals surface area (Å²) in [7, 11) is 0. The summed E-state index contributed by atoms with van der Waals surface area (Å²) in [4.78, 5) is 12.4. The van der Waals surface area contributed by atoms with E-state index in [9.17, 15) is 4.79 Å². The lowest BCUT2D eigenvalue weighted by Gasteiger charge is -2.40. The fraction of sp³-hybridized carbons (Fsp3) is 0.588. The molecule has 1 fully saturated rings. The van der Waals surface area contributed by atoms with Gasteiger partial charge in [0.05, 0.1) is 5.54 Å². The lowest BCUT2D eigenvalue weighted by atomic mass is 9.76. The minimum atomic E-state index is -0.334. The topological polar surface area (TPSA) is 29.1 Å². The first-order chi connectivity index (χ1) is 8.94. The second-order valence-corrected chi connectivity index (χ2v) is 6.71. The average molecular weight is 259 g/mol. The minimum absolute atomic E-state index is 0.149. The maximum Gasteiger partial charge on any atom is 0.226 e. The van der Waals surface area contributed by atoms with Gasteiger partial charge in [0, 0.05) is 5.41 Å². The van der Waals surface area contributed by atoms with E-state index in [1.54, 1.807) is 0 Å². The highest BCUT2D eigenvalue weighted by molar-refractivity contribution is 5.82. The monoisotopic (exact) mass is 259 g/mol. The van der Waals surface area contributed by atoms with E-state index < -0.39 is 0 Å². The molecule has 2 nitrogen and oxygen atoms in total. The van der Waals surface area contributed by atoms with Crippen molar-refractivity contribution in [1.29, 1.82) is 0 Å². The molecule has 104 valence electrons. The maximum absolute atomic E-state index is 12.4. The number of carbonyl (C=O) groups is 1. The molecule has 1 amide bonds. The van der Waals surface area contributed by atoms with Crippen LogP contribution in [-0.2, 0) is 10.3 Å². The van der Waals surface area contributed by atoms with Crippen LogP contribution in [0.4, 0.5) is 0 Å². The van der Waals surface area contributed by atoms with E-state index >= 15 is 0 Å². The Labute approximate surface area is 116 Å². The largest absolute Gasteiger partial charge is 0.346 e. The molecule has 0 aromatic heterocycles. The van der Waals surface area contributed by atoms with Gasteiger partial charge in [-0.2, -0.15) is 0 Å². The Kier molecular flexibility index (Phi) is 3.98. The molecule has 0 atom stereocenters. The van der Waals surface area contributed by atoms with Crippen molar-refractivity contribution in [3.63, 3.8) is 0 Å². The molecule has 0 bridgehead atoms. The zero-order valence-corrected chi connectivity index (χ0v) is 12.3. The van der Waals surface area contributed by atoms with Crippen molar-refractivity contribution < 1.29 is 4.79 Å². The summed E-state index contributed by atoms with van der Waals surface area (Å²) in [5.74, 6) is 0.151. The number of hydrogen-bond donors (Lipinski definition) is 1. The molecule has 2 rings (SSSR count). The number of carbonyl (C=O) groups excluding carboxylic acids is 1. The zero-order valence-electron chi connectivity index (χ0n) is 12.3. The Hall–Kier alpha value is -1.31. The molecule has 1 aliphatic carbocycles. The summed E-state index contributed by atoms with van der Waals surface area (Å²) in [5, 5.41) is 3.35. The zero-order chi connectivity index (χ0) is 13.9. The van der Waals surface area contributed by atoms with Crippen molar-refractivity contribution in [2.45, 2.75) is 58.4 Å². The molecule has 1 saturated carbocycles. The van der Waals surface area contributed by atoms with Crippen LogP contribution in [0.3, 0.4) is 0 Å². The van der Waals surface area contributed by atoms with E-state index in [1.807, 2.05) is 26.8 Å². The lowest BCUT2D eigenvalue weighted by molar-refractivity contribution is -0.131.